The van der Waals surface area contributed by atoms with Gasteiger partial charge in [-0.05, 0) is 43.9 Å². The summed E-state index contributed by atoms with van der Waals surface area (Å²) in [6.45, 7) is 4.45. The number of aryl methyl sites for hydroxylation is 1. The van der Waals surface area contributed by atoms with Crippen molar-refractivity contribution < 1.29 is 19.4 Å². The van der Waals surface area contributed by atoms with E-state index in [-0.39, 0.29) is 12.3 Å². The van der Waals surface area contributed by atoms with Gasteiger partial charge in [-0.1, -0.05) is 19.4 Å². The van der Waals surface area contributed by atoms with Gasteiger partial charge in [-0.2, -0.15) is 0 Å². The number of benzene rings is 1. The first kappa shape index (κ1) is 18.0. The van der Waals surface area contributed by atoms with Crippen molar-refractivity contribution in [2.45, 2.75) is 52.4 Å². The molecule has 0 aliphatic rings. The molecule has 0 saturated heterocycles. The van der Waals surface area contributed by atoms with Crippen LogP contribution in [0.5, 0.6) is 5.75 Å². The number of anilines is 1. The van der Waals surface area contributed by atoms with Crippen molar-refractivity contribution in [3.8, 4) is 5.75 Å². The number of carbonyl (C=O) groups excluding carboxylic acids is 1. The number of carboxylic acids is 1. The van der Waals surface area contributed by atoms with Gasteiger partial charge in [0.2, 0.25) is 5.91 Å². The monoisotopic (exact) mass is 307 g/mol. The van der Waals surface area contributed by atoms with Crippen LogP contribution >= 0.6 is 0 Å². The molecule has 0 spiro atoms. The Hall–Kier alpha value is -2.04. The third-order valence-electron chi connectivity index (χ3n) is 3.23. The molecule has 1 amide bonds. The Morgan fingerprint density at radius 3 is 2.59 bits per heavy atom. The summed E-state index contributed by atoms with van der Waals surface area (Å²) in [5.74, 6) is -0.161. The first-order valence-electron chi connectivity index (χ1n) is 7.84. The van der Waals surface area contributed by atoms with Gasteiger partial charge in [0.05, 0.1) is 12.3 Å². The predicted octanol–water partition coefficient (Wildman–Crippen LogP) is 3.62. The Bertz CT molecular complexity index is 499. The van der Waals surface area contributed by atoms with Crippen LogP contribution in [-0.4, -0.2) is 23.6 Å². The summed E-state index contributed by atoms with van der Waals surface area (Å²) in [7, 11) is 0. The average molecular weight is 307 g/mol. The lowest BCUT2D eigenvalue weighted by atomic mass is 10.1. The van der Waals surface area contributed by atoms with E-state index in [1.165, 1.54) is 0 Å². The molecule has 5 nitrogen and oxygen atoms in total. The number of aliphatic carboxylic acids is 1. The van der Waals surface area contributed by atoms with Crippen LogP contribution in [0.1, 0.15) is 51.5 Å². The second-order valence-electron chi connectivity index (χ2n) is 5.16. The molecule has 0 saturated carbocycles. The molecule has 22 heavy (non-hydrogen) atoms. The summed E-state index contributed by atoms with van der Waals surface area (Å²) in [6, 6.07) is 5.60. The molecule has 0 aromatic heterocycles. The maximum atomic E-state index is 11.8. The molecule has 0 fully saturated rings. The Labute approximate surface area is 131 Å². The van der Waals surface area contributed by atoms with Crippen LogP contribution in [0.2, 0.25) is 0 Å². The van der Waals surface area contributed by atoms with Gasteiger partial charge in [0.1, 0.15) is 5.75 Å². The smallest absolute Gasteiger partial charge is 0.303 e. The zero-order chi connectivity index (χ0) is 16.4. The molecule has 0 atom stereocenters. The number of ether oxygens (including phenoxy) is 1. The second kappa shape index (κ2) is 9.82. The van der Waals surface area contributed by atoms with Crippen molar-refractivity contribution in [1.29, 1.82) is 0 Å². The highest BCUT2D eigenvalue weighted by atomic mass is 16.5. The van der Waals surface area contributed by atoms with Crippen molar-refractivity contribution in [2.75, 3.05) is 11.9 Å². The fraction of sp³-hybridized carbons (Fsp3) is 0.529. The van der Waals surface area contributed by atoms with Crippen LogP contribution in [0.25, 0.3) is 0 Å². The number of rotatable bonds is 10. The van der Waals surface area contributed by atoms with Crippen LogP contribution in [-0.2, 0) is 16.0 Å². The van der Waals surface area contributed by atoms with Crippen LogP contribution in [0.3, 0.4) is 0 Å². The van der Waals surface area contributed by atoms with E-state index in [1.54, 1.807) is 0 Å². The van der Waals surface area contributed by atoms with E-state index < -0.39 is 5.97 Å². The van der Waals surface area contributed by atoms with Gasteiger partial charge in [-0.15, -0.1) is 0 Å². The maximum Gasteiger partial charge on any atom is 0.303 e. The van der Waals surface area contributed by atoms with E-state index in [1.807, 2.05) is 32.0 Å². The zero-order valence-corrected chi connectivity index (χ0v) is 13.4. The van der Waals surface area contributed by atoms with Crippen molar-refractivity contribution >= 4 is 17.6 Å². The number of amides is 1. The van der Waals surface area contributed by atoms with Crippen LogP contribution < -0.4 is 10.1 Å². The summed E-state index contributed by atoms with van der Waals surface area (Å²) < 4.78 is 5.58. The number of unbranched alkanes of at least 4 members (excludes halogenated alkanes) is 1. The highest BCUT2D eigenvalue weighted by Gasteiger charge is 2.09. The number of hydrogen-bond donors (Lipinski definition) is 2. The molecule has 0 bridgehead atoms. The van der Waals surface area contributed by atoms with E-state index in [2.05, 4.69) is 5.32 Å². The lowest BCUT2D eigenvalue weighted by Crippen LogP contribution is -2.12. The Morgan fingerprint density at radius 2 is 1.95 bits per heavy atom. The Balaban J connectivity index is 2.72. The molecule has 122 valence electrons. The third-order valence-corrected chi connectivity index (χ3v) is 3.23. The Morgan fingerprint density at radius 1 is 1.18 bits per heavy atom. The summed E-state index contributed by atoms with van der Waals surface area (Å²) in [4.78, 5) is 22.4. The minimum atomic E-state index is -0.787. The van der Waals surface area contributed by atoms with E-state index in [4.69, 9.17) is 9.84 Å². The molecular formula is C17H25NO4. The van der Waals surface area contributed by atoms with E-state index in [0.29, 0.717) is 37.3 Å². The number of carbonyl (C=O) groups is 2. The van der Waals surface area contributed by atoms with Gasteiger partial charge in [-0.25, -0.2) is 0 Å². The number of carboxylic acid groups (broad SMARTS) is 1. The first-order chi connectivity index (χ1) is 10.6. The summed E-state index contributed by atoms with van der Waals surface area (Å²) >= 11 is 0. The molecule has 1 rings (SSSR count). The fourth-order valence-corrected chi connectivity index (χ4v) is 2.09. The molecule has 0 heterocycles. The van der Waals surface area contributed by atoms with Crippen molar-refractivity contribution in [3.63, 3.8) is 0 Å². The predicted molar refractivity (Wildman–Crippen MR) is 86.3 cm³/mol. The van der Waals surface area contributed by atoms with Crippen molar-refractivity contribution in [1.82, 2.24) is 0 Å². The molecule has 0 aliphatic heterocycles. The maximum absolute atomic E-state index is 11.8. The third kappa shape index (κ3) is 6.61. The van der Waals surface area contributed by atoms with E-state index in [9.17, 15) is 9.59 Å². The van der Waals surface area contributed by atoms with E-state index in [0.717, 1.165) is 18.4 Å². The van der Waals surface area contributed by atoms with Gasteiger partial charge >= 0.3 is 5.97 Å². The quantitative estimate of drug-likeness (QED) is 0.692. The highest BCUT2D eigenvalue weighted by Crippen LogP contribution is 2.27. The molecule has 0 aliphatic carbocycles. The molecule has 2 N–H and O–H groups in total. The number of hydrogen-bond acceptors (Lipinski definition) is 3. The summed E-state index contributed by atoms with van der Waals surface area (Å²) in [5, 5.41) is 11.5. The van der Waals surface area contributed by atoms with Gasteiger partial charge in [0.15, 0.2) is 0 Å². The summed E-state index contributed by atoms with van der Waals surface area (Å²) in [6.07, 6.45) is 3.76. The molecule has 0 radical (unpaired) electrons. The lowest BCUT2D eigenvalue weighted by Gasteiger charge is -2.13. The first-order valence-corrected chi connectivity index (χ1v) is 7.84. The van der Waals surface area contributed by atoms with Crippen LogP contribution in [0.4, 0.5) is 5.69 Å². The standard InChI is InChI=1S/C17H25NO4/c1-3-5-8-16(19)18-14-11-10-13(7-6-9-17(20)21)12-15(14)22-4-2/h10-12H,3-9H2,1-2H3,(H,18,19)(H,20,21). The molecular weight excluding hydrogens is 282 g/mol. The molecule has 1 aromatic carbocycles. The topological polar surface area (TPSA) is 75.6 Å². The van der Waals surface area contributed by atoms with Crippen LogP contribution in [0.15, 0.2) is 18.2 Å². The zero-order valence-electron chi connectivity index (χ0n) is 13.4. The number of nitrogens with one attached hydrogen (secondary N) is 1. The van der Waals surface area contributed by atoms with Crippen molar-refractivity contribution in [2.24, 2.45) is 0 Å². The van der Waals surface area contributed by atoms with Gasteiger partial charge in [0.25, 0.3) is 0 Å². The van der Waals surface area contributed by atoms with E-state index >= 15 is 0 Å². The fourth-order valence-electron chi connectivity index (χ4n) is 2.09. The highest BCUT2D eigenvalue weighted by molar-refractivity contribution is 5.92. The molecule has 1 aromatic rings. The normalized spacial score (nSPS) is 10.3. The van der Waals surface area contributed by atoms with Gasteiger partial charge < -0.3 is 15.2 Å². The largest absolute Gasteiger partial charge is 0.492 e. The minimum Gasteiger partial charge on any atom is -0.492 e. The average Bonchev–Trinajstić information content (AvgIpc) is 2.47. The second-order valence-corrected chi connectivity index (χ2v) is 5.16. The van der Waals surface area contributed by atoms with Gasteiger partial charge in [0, 0.05) is 12.8 Å². The molecule has 5 heteroatoms. The Kier molecular flexibility index (Phi) is 8.04. The van der Waals surface area contributed by atoms with Crippen LogP contribution in [0, 0.1) is 0 Å². The molecule has 0 unspecified atom stereocenters. The van der Waals surface area contributed by atoms with Gasteiger partial charge in [-0.3, -0.25) is 9.59 Å². The SMILES string of the molecule is CCCCC(=O)Nc1ccc(CCCC(=O)O)cc1OCC. The minimum absolute atomic E-state index is 0.0126. The lowest BCUT2D eigenvalue weighted by molar-refractivity contribution is -0.137. The van der Waals surface area contributed by atoms with Crippen molar-refractivity contribution in [3.05, 3.63) is 23.8 Å². The summed E-state index contributed by atoms with van der Waals surface area (Å²) in [5.41, 5.74) is 1.68.